The molecule has 2 aliphatic heterocycles. The highest BCUT2D eigenvalue weighted by atomic mass is 16.5. The SMILES string of the molecule is COC(=O)NC(C(=O)N1CCCC1c1ncc(-c2ccc(-c3cnc(C4CCCN4)[nH]3)cc2)[nH]1)C(C)C. The predicted octanol–water partition coefficient (Wildman–Crippen LogP) is 3.94. The number of benzene rings is 1. The van der Waals surface area contributed by atoms with E-state index in [0.717, 1.165) is 60.0 Å². The van der Waals surface area contributed by atoms with E-state index in [4.69, 9.17) is 4.74 Å². The third-order valence-electron chi connectivity index (χ3n) is 7.33. The fourth-order valence-electron chi connectivity index (χ4n) is 5.25. The first-order chi connectivity index (χ1) is 17.9. The molecule has 1 aromatic carbocycles. The Kier molecular flexibility index (Phi) is 7.27. The molecule has 2 fully saturated rings. The van der Waals surface area contributed by atoms with Gasteiger partial charge in [-0.1, -0.05) is 38.1 Å². The second-order valence-corrected chi connectivity index (χ2v) is 10.1. The summed E-state index contributed by atoms with van der Waals surface area (Å²) in [5, 5.41) is 6.16. The van der Waals surface area contributed by atoms with Gasteiger partial charge in [-0.25, -0.2) is 14.8 Å². The predicted molar refractivity (Wildman–Crippen MR) is 139 cm³/mol. The van der Waals surface area contributed by atoms with Gasteiger partial charge < -0.3 is 30.2 Å². The summed E-state index contributed by atoms with van der Waals surface area (Å²) < 4.78 is 4.72. The van der Waals surface area contributed by atoms with Crippen LogP contribution in [0.25, 0.3) is 22.5 Å². The minimum absolute atomic E-state index is 0.0705. The van der Waals surface area contributed by atoms with Crippen LogP contribution in [-0.2, 0) is 9.53 Å². The zero-order valence-corrected chi connectivity index (χ0v) is 21.6. The van der Waals surface area contributed by atoms with Crippen molar-refractivity contribution in [3.63, 3.8) is 0 Å². The maximum absolute atomic E-state index is 13.4. The Labute approximate surface area is 216 Å². The van der Waals surface area contributed by atoms with E-state index in [9.17, 15) is 9.59 Å². The van der Waals surface area contributed by atoms with Gasteiger partial charge in [0.2, 0.25) is 5.91 Å². The Morgan fingerprint density at radius 3 is 2.24 bits per heavy atom. The monoisotopic (exact) mass is 505 g/mol. The first-order valence-corrected chi connectivity index (χ1v) is 13.0. The number of imidazole rings is 2. The van der Waals surface area contributed by atoms with E-state index in [0.29, 0.717) is 12.6 Å². The summed E-state index contributed by atoms with van der Waals surface area (Å²) in [6, 6.07) is 7.78. The Balaban J connectivity index is 1.29. The average molecular weight is 506 g/mol. The van der Waals surface area contributed by atoms with E-state index in [1.807, 2.05) is 31.1 Å². The summed E-state index contributed by atoms with van der Waals surface area (Å²) in [5.74, 6) is 1.57. The molecule has 4 N–H and O–H groups in total. The van der Waals surface area contributed by atoms with Gasteiger partial charge in [0.1, 0.15) is 17.7 Å². The number of amides is 2. The third kappa shape index (κ3) is 5.24. The number of nitrogens with one attached hydrogen (secondary N) is 4. The molecule has 3 aromatic rings. The van der Waals surface area contributed by atoms with Gasteiger partial charge in [0.25, 0.3) is 0 Å². The number of aromatic amines is 2. The molecule has 37 heavy (non-hydrogen) atoms. The van der Waals surface area contributed by atoms with Crippen molar-refractivity contribution in [1.82, 2.24) is 35.5 Å². The number of aromatic nitrogens is 4. The van der Waals surface area contributed by atoms with Crippen LogP contribution < -0.4 is 10.6 Å². The fraction of sp³-hybridized carbons (Fsp3) is 0.481. The molecular weight excluding hydrogens is 470 g/mol. The van der Waals surface area contributed by atoms with E-state index in [2.05, 4.69) is 54.8 Å². The van der Waals surface area contributed by atoms with E-state index in [1.54, 1.807) is 0 Å². The van der Waals surface area contributed by atoms with Crippen LogP contribution in [-0.4, -0.2) is 63.1 Å². The number of carbonyl (C=O) groups is 2. The number of alkyl carbamates (subject to hydrolysis) is 1. The Morgan fingerprint density at radius 1 is 1.00 bits per heavy atom. The maximum Gasteiger partial charge on any atom is 0.407 e. The molecule has 0 aliphatic carbocycles. The Bertz CT molecular complexity index is 1230. The van der Waals surface area contributed by atoms with Gasteiger partial charge in [0.05, 0.1) is 43.0 Å². The maximum atomic E-state index is 13.4. The Hall–Kier alpha value is -3.66. The number of ether oxygens (including phenoxy) is 1. The largest absolute Gasteiger partial charge is 0.453 e. The molecule has 0 spiro atoms. The van der Waals surface area contributed by atoms with Gasteiger partial charge in [-0.05, 0) is 49.3 Å². The number of hydrogen-bond donors (Lipinski definition) is 4. The van der Waals surface area contributed by atoms with E-state index in [1.165, 1.54) is 13.5 Å². The van der Waals surface area contributed by atoms with Crippen LogP contribution in [0.15, 0.2) is 36.7 Å². The molecule has 0 radical (unpaired) electrons. The van der Waals surface area contributed by atoms with Crippen molar-refractivity contribution in [2.45, 2.75) is 57.7 Å². The lowest BCUT2D eigenvalue weighted by atomic mass is 10.0. The fourth-order valence-corrected chi connectivity index (χ4v) is 5.25. The second-order valence-electron chi connectivity index (χ2n) is 10.1. The minimum Gasteiger partial charge on any atom is -0.453 e. The van der Waals surface area contributed by atoms with Crippen molar-refractivity contribution in [1.29, 1.82) is 0 Å². The summed E-state index contributed by atoms with van der Waals surface area (Å²) in [6.07, 6.45) is 7.09. The summed E-state index contributed by atoms with van der Waals surface area (Å²) in [5.41, 5.74) is 3.99. The Morgan fingerprint density at radius 2 is 1.65 bits per heavy atom. The molecule has 0 bridgehead atoms. The van der Waals surface area contributed by atoms with Crippen LogP contribution in [0.5, 0.6) is 0 Å². The standard InChI is InChI=1S/C27H35N7O3/c1-16(2)23(33-27(36)37-3)26(35)34-13-5-7-22(34)25-30-15-21(32-25)18-10-8-17(9-11-18)20-14-29-24(31-20)19-6-4-12-28-19/h8-11,14-16,19,22-23,28H,4-7,12-13H2,1-3H3,(H,29,31)(H,30,32)(H,33,36). The minimum atomic E-state index is -0.650. The second kappa shape index (κ2) is 10.8. The number of carbonyl (C=O) groups excluding carboxylic acids is 2. The molecule has 3 atom stereocenters. The van der Waals surface area contributed by atoms with Gasteiger partial charge >= 0.3 is 6.09 Å². The van der Waals surface area contributed by atoms with Gasteiger partial charge in [-0.15, -0.1) is 0 Å². The molecule has 5 rings (SSSR count). The zero-order chi connectivity index (χ0) is 25.9. The van der Waals surface area contributed by atoms with Gasteiger partial charge in [-0.2, -0.15) is 0 Å². The lowest BCUT2D eigenvalue weighted by Crippen LogP contribution is -2.51. The summed E-state index contributed by atoms with van der Waals surface area (Å²) in [4.78, 5) is 43.1. The normalized spacial score (nSPS) is 20.4. The van der Waals surface area contributed by atoms with Crippen molar-refractivity contribution in [2.75, 3.05) is 20.2 Å². The summed E-state index contributed by atoms with van der Waals surface area (Å²) >= 11 is 0. The van der Waals surface area contributed by atoms with Crippen molar-refractivity contribution in [3.05, 3.63) is 48.3 Å². The molecular formula is C27H35N7O3. The van der Waals surface area contributed by atoms with Crippen molar-refractivity contribution in [3.8, 4) is 22.5 Å². The van der Waals surface area contributed by atoms with Crippen LogP contribution >= 0.6 is 0 Å². The van der Waals surface area contributed by atoms with Crippen LogP contribution in [0, 0.1) is 5.92 Å². The molecule has 196 valence electrons. The molecule has 3 unspecified atom stereocenters. The van der Waals surface area contributed by atoms with Crippen molar-refractivity contribution in [2.24, 2.45) is 5.92 Å². The lowest BCUT2D eigenvalue weighted by molar-refractivity contribution is -0.135. The first kappa shape index (κ1) is 25.0. The molecule has 2 saturated heterocycles. The summed E-state index contributed by atoms with van der Waals surface area (Å²) in [6.45, 7) is 5.49. The number of H-pyrrole nitrogens is 2. The molecule has 0 saturated carbocycles. The average Bonchev–Trinajstić information content (AvgIpc) is 3.72. The molecule has 10 nitrogen and oxygen atoms in total. The van der Waals surface area contributed by atoms with Gasteiger partial charge in [0.15, 0.2) is 0 Å². The number of rotatable bonds is 7. The van der Waals surface area contributed by atoms with Crippen LogP contribution in [0.3, 0.4) is 0 Å². The highest BCUT2D eigenvalue weighted by molar-refractivity contribution is 5.86. The molecule has 2 aromatic heterocycles. The number of hydrogen-bond acceptors (Lipinski definition) is 6. The topological polar surface area (TPSA) is 128 Å². The molecule has 4 heterocycles. The molecule has 2 amide bonds. The van der Waals surface area contributed by atoms with E-state index in [-0.39, 0.29) is 17.9 Å². The smallest absolute Gasteiger partial charge is 0.407 e. The van der Waals surface area contributed by atoms with Gasteiger partial charge in [-0.3, -0.25) is 4.79 Å². The van der Waals surface area contributed by atoms with Crippen molar-refractivity contribution >= 4 is 12.0 Å². The van der Waals surface area contributed by atoms with Crippen LogP contribution in [0.1, 0.15) is 63.3 Å². The highest BCUT2D eigenvalue weighted by Gasteiger charge is 2.37. The molecule has 10 heteroatoms. The highest BCUT2D eigenvalue weighted by Crippen LogP contribution is 2.33. The van der Waals surface area contributed by atoms with E-state index < -0.39 is 12.1 Å². The number of nitrogens with zero attached hydrogens (tertiary/aromatic N) is 3. The zero-order valence-electron chi connectivity index (χ0n) is 21.6. The lowest BCUT2D eigenvalue weighted by Gasteiger charge is -2.30. The van der Waals surface area contributed by atoms with Gasteiger partial charge in [0, 0.05) is 6.54 Å². The quantitative estimate of drug-likeness (QED) is 0.385. The van der Waals surface area contributed by atoms with Crippen LogP contribution in [0.2, 0.25) is 0 Å². The van der Waals surface area contributed by atoms with Crippen LogP contribution in [0.4, 0.5) is 4.79 Å². The first-order valence-electron chi connectivity index (χ1n) is 13.0. The third-order valence-corrected chi connectivity index (χ3v) is 7.33. The number of methoxy groups -OCH3 is 1. The summed E-state index contributed by atoms with van der Waals surface area (Å²) in [7, 11) is 1.30. The van der Waals surface area contributed by atoms with Crippen molar-refractivity contribution < 1.29 is 14.3 Å². The van der Waals surface area contributed by atoms with E-state index >= 15 is 0 Å². The number of likely N-dealkylation sites (tertiary alicyclic amines) is 1. The molecule has 2 aliphatic rings.